The second-order valence-corrected chi connectivity index (χ2v) is 1.57. The Balaban J connectivity index is 4.01. The third kappa shape index (κ3) is 3.48. The lowest BCUT2D eigenvalue weighted by molar-refractivity contribution is 1.11. The van der Waals surface area contributed by atoms with Crippen molar-refractivity contribution in [2.75, 3.05) is 0 Å². The van der Waals surface area contributed by atoms with Crippen molar-refractivity contribution in [3.63, 3.8) is 0 Å². The zero-order valence-corrected chi connectivity index (χ0v) is 5.43. The highest BCUT2D eigenvalue weighted by Gasteiger charge is 1.73. The molecular formula is C6H8S. The minimum Gasteiger partial charge on any atom is -0.0610 e. The van der Waals surface area contributed by atoms with Gasteiger partial charge in [0, 0.05) is 5.02 Å². The van der Waals surface area contributed by atoms with Crippen molar-refractivity contribution >= 4 is 17.2 Å². The van der Waals surface area contributed by atoms with Crippen LogP contribution in [0.15, 0.2) is 11.3 Å². The van der Waals surface area contributed by atoms with Gasteiger partial charge in [0.1, 0.15) is 0 Å². The predicted octanol–water partition coefficient (Wildman–Crippen LogP) is 2.10. The Labute approximate surface area is 49.5 Å². The summed E-state index contributed by atoms with van der Waals surface area (Å²) in [6.07, 6.45) is 1.02. The second kappa shape index (κ2) is 3.83. The summed E-state index contributed by atoms with van der Waals surface area (Å²) in [6, 6.07) is 0. The third-order valence-corrected chi connectivity index (χ3v) is 0.897. The van der Waals surface area contributed by atoms with Crippen molar-refractivity contribution in [3.05, 3.63) is 11.3 Å². The molecule has 0 saturated carbocycles. The second-order valence-electron chi connectivity index (χ2n) is 1.36. The average molecular weight is 112 g/mol. The molecule has 0 aliphatic rings. The normalized spacial score (nSPS) is 6.57. The van der Waals surface area contributed by atoms with Crippen molar-refractivity contribution in [1.82, 2.24) is 0 Å². The van der Waals surface area contributed by atoms with E-state index in [0.717, 1.165) is 12.0 Å². The van der Waals surface area contributed by atoms with Gasteiger partial charge < -0.3 is 0 Å². The average Bonchev–Trinajstić information content (AvgIpc) is 1.68. The van der Waals surface area contributed by atoms with E-state index in [1.807, 2.05) is 6.92 Å². The maximum atomic E-state index is 4.41. The van der Waals surface area contributed by atoms with Crippen molar-refractivity contribution in [2.24, 2.45) is 0 Å². The Kier molecular flexibility index (Phi) is 3.64. The maximum Gasteiger partial charge on any atom is 0.00527 e. The molecule has 0 amide bonds. The number of hydrogen-bond donors (Lipinski definition) is 0. The van der Waals surface area contributed by atoms with Gasteiger partial charge in [-0.1, -0.05) is 12.7 Å². The zero-order chi connectivity index (χ0) is 5.70. The molecule has 0 atom stereocenters. The van der Waals surface area contributed by atoms with Crippen LogP contribution in [0.2, 0.25) is 0 Å². The quantitative estimate of drug-likeness (QED) is 0.370. The van der Waals surface area contributed by atoms with Gasteiger partial charge >= 0.3 is 0 Å². The first-order valence-corrected chi connectivity index (χ1v) is 2.67. The number of thiocarbonyl (C=S) groups is 1. The fourth-order valence-electron chi connectivity index (χ4n) is 0.176. The molecule has 0 fully saturated rings. The molecule has 0 nitrogen and oxygen atoms in total. The fraction of sp³-hybridized carbons (Fsp3) is 0.500. The van der Waals surface area contributed by atoms with Crippen LogP contribution in [0.25, 0.3) is 0 Å². The van der Waals surface area contributed by atoms with E-state index in [0.29, 0.717) is 0 Å². The van der Waals surface area contributed by atoms with E-state index in [1.165, 1.54) is 0 Å². The van der Waals surface area contributed by atoms with E-state index >= 15 is 0 Å². The molecule has 0 aliphatic carbocycles. The molecule has 0 aromatic heterocycles. The van der Waals surface area contributed by atoms with Gasteiger partial charge in [-0.05, 0) is 31.1 Å². The highest BCUT2D eigenvalue weighted by Crippen LogP contribution is 1.91. The molecule has 0 rings (SSSR count). The van der Waals surface area contributed by atoms with Gasteiger partial charge in [-0.2, -0.15) is 0 Å². The number of hydrogen-bond acceptors (Lipinski definition) is 1. The monoisotopic (exact) mass is 112 g/mol. The minimum atomic E-state index is 1.02. The first-order valence-electron chi connectivity index (χ1n) is 2.26. The Hall–Kier alpha value is -0.350. The van der Waals surface area contributed by atoms with E-state index in [4.69, 9.17) is 0 Å². The Morgan fingerprint density at radius 3 is 2.43 bits per heavy atom. The molecule has 0 aliphatic heterocycles. The van der Waals surface area contributed by atoms with Crippen LogP contribution in [0.3, 0.4) is 0 Å². The van der Waals surface area contributed by atoms with Gasteiger partial charge in [-0.15, -0.1) is 0 Å². The minimum absolute atomic E-state index is 1.02. The topological polar surface area (TPSA) is 0 Å². The highest BCUT2D eigenvalue weighted by molar-refractivity contribution is 7.78. The first-order chi connectivity index (χ1) is 3.31. The molecule has 7 heavy (non-hydrogen) atoms. The number of allylic oxidation sites excluding steroid dienone is 1. The Morgan fingerprint density at radius 2 is 2.29 bits per heavy atom. The predicted molar refractivity (Wildman–Crippen MR) is 35.6 cm³/mol. The molecule has 0 spiro atoms. The van der Waals surface area contributed by atoms with Gasteiger partial charge in [0.15, 0.2) is 0 Å². The molecular weight excluding hydrogens is 104 g/mol. The third-order valence-electron chi connectivity index (χ3n) is 0.795. The maximum absolute atomic E-state index is 4.41. The summed E-state index contributed by atoms with van der Waals surface area (Å²) in [5.41, 5.74) is 3.94. The highest BCUT2D eigenvalue weighted by atomic mass is 32.1. The number of rotatable bonds is 1. The summed E-state index contributed by atoms with van der Waals surface area (Å²) >= 11 is 4.41. The summed E-state index contributed by atoms with van der Waals surface area (Å²) in [4.78, 5) is 0. The summed E-state index contributed by atoms with van der Waals surface area (Å²) in [5.74, 6) is 0. The summed E-state index contributed by atoms with van der Waals surface area (Å²) in [6.45, 7) is 4.05. The largest absolute Gasteiger partial charge is 0.0610 e. The van der Waals surface area contributed by atoms with Gasteiger partial charge in [-0.3, -0.25) is 0 Å². The molecule has 0 N–H and O–H groups in total. The van der Waals surface area contributed by atoms with Crippen LogP contribution in [0.1, 0.15) is 20.3 Å². The molecule has 38 valence electrons. The van der Waals surface area contributed by atoms with Crippen LogP contribution in [-0.2, 0) is 0 Å². The van der Waals surface area contributed by atoms with Crippen molar-refractivity contribution < 1.29 is 0 Å². The van der Waals surface area contributed by atoms with E-state index in [2.05, 4.69) is 29.9 Å². The van der Waals surface area contributed by atoms with Crippen LogP contribution >= 0.6 is 12.2 Å². The molecule has 0 aromatic rings. The zero-order valence-electron chi connectivity index (χ0n) is 4.62. The smallest absolute Gasteiger partial charge is 0.00527 e. The molecule has 0 radical (unpaired) electrons. The molecule has 1 heteroatoms. The lowest BCUT2D eigenvalue weighted by Gasteiger charge is -1.79. The Bertz CT molecular complexity index is 123. The van der Waals surface area contributed by atoms with Crippen LogP contribution in [0.5, 0.6) is 0 Å². The van der Waals surface area contributed by atoms with E-state index in [9.17, 15) is 0 Å². The van der Waals surface area contributed by atoms with Crippen LogP contribution in [0, 0.1) is 0 Å². The van der Waals surface area contributed by atoms with Gasteiger partial charge in [-0.25, -0.2) is 0 Å². The SMILES string of the molecule is CCC(C)=C=C=S. The fourth-order valence-corrected chi connectivity index (χ4v) is 0.350. The molecule has 0 unspecified atom stereocenters. The van der Waals surface area contributed by atoms with E-state index < -0.39 is 0 Å². The van der Waals surface area contributed by atoms with Gasteiger partial charge in [0.2, 0.25) is 0 Å². The molecule has 0 heterocycles. The van der Waals surface area contributed by atoms with Gasteiger partial charge in [0.25, 0.3) is 0 Å². The van der Waals surface area contributed by atoms with Crippen molar-refractivity contribution in [2.45, 2.75) is 20.3 Å². The summed E-state index contributed by atoms with van der Waals surface area (Å²) in [7, 11) is 0. The molecule has 0 bridgehead atoms. The lowest BCUT2D eigenvalue weighted by atomic mass is 10.3. The molecule has 0 saturated heterocycles. The van der Waals surface area contributed by atoms with Crippen molar-refractivity contribution in [3.8, 4) is 0 Å². The summed E-state index contributed by atoms with van der Waals surface area (Å²) in [5, 5.41) is 2.41. The van der Waals surface area contributed by atoms with E-state index in [1.54, 1.807) is 0 Å². The van der Waals surface area contributed by atoms with Crippen LogP contribution in [0.4, 0.5) is 0 Å². The van der Waals surface area contributed by atoms with Gasteiger partial charge in [0.05, 0.1) is 0 Å². The van der Waals surface area contributed by atoms with Crippen LogP contribution in [-0.4, -0.2) is 5.02 Å². The van der Waals surface area contributed by atoms with E-state index in [-0.39, 0.29) is 0 Å². The standard InChI is InChI=1S/C6H8S/c1-3-6(2)4-5-7/h3H2,1-2H3. The first kappa shape index (κ1) is 6.65. The molecule has 0 aromatic carbocycles. The Morgan fingerprint density at radius 1 is 1.71 bits per heavy atom. The van der Waals surface area contributed by atoms with Crippen molar-refractivity contribution in [1.29, 1.82) is 0 Å². The van der Waals surface area contributed by atoms with Crippen LogP contribution < -0.4 is 0 Å². The summed E-state index contributed by atoms with van der Waals surface area (Å²) < 4.78 is 0. The lowest BCUT2D eigenvalue weighted by Crippen LogP contribution is -1.62.